The third-order valence-electron chi connectivity index (χ3n) is 4.11. The molecule has 1 N–H and O–H groups in total. The number of anilines is 1. The Morgan fingerprint density at radius 2 is 1.63 bits per heavy atom. The molecule has 0 amide bonds. The average Bonchev–Trinajstić information content (AvgIpc) is 2.68. The Labute approximate surface area is 116 Å². The van der Waals surface area contributed by atoms with Crippen molar-refractivity contribution in [3.05, 3.63) is 29.8 Å². The molecule has 0 saturated heterocycles. The first-order valence-electron chi connectivity index (χ1n) is 7.40. The van der Waals surface area contributed by atoms with Crippen LogP contribution in [0.5, 0.6) is 0 Å². The van der Waals surface area contributed by atoms with Crippen molar-refractivity contribution >= 4 is 5.69 Å². The van der Waals surface area contributed by atoms with Crippen molar-refractivity contribution in [2.45, 2.75) is 63.8 Å². The lowest BCUT2D eigenvalue weighted by Gasteiger charge is -2.20. The molecule has 19 heavy (non-hydrogen) atoms. The number of benzene rings is 1. The monoisotopic (exact) mass is 256 g/mol. The van der Waals surface area contributed by atoms with Gasteiger partial charge >= 0.3 is 0 Å². The van der Waals surface area contributed by atoms with Gasteiger partial charge in [-0.2, -0.15) is 5.26 Å². The number of rotatable bonds is 3. The second-order valence-corrected chi connectivity index (χ2v) is 6.15. The number of hydrogen-bond acceptors (Lipinski definition) is 2. The van der Waals surface area contributed by atoms with Crippen molar-refractivity contribution in [1.29, 1.82) is 5.26 Å². The van der Waals surface area contributed by atoms with Crippen LogP contribution in [0.3, 0.4) is 0 Å². The topological polar surface area (TPSA) is 35.8 Å². The molecule has 0 aliphatic heterocycles. The summed E-state index contributed by atoms with van der Waals surface area (Å²) in [5.41, 5.74) is 1.87. The highest BCUT2D eigenvalue weighted by molar-refractivity contribution is 5.47. The molecule has 0 spiro atoms. The molecule has 2 rings (SSSR count). The fourth-order valence-corrected chi connectivity index (χ4v) is 2.71. The van der Waals surface area contributed by atoms with E-state index >= 15 is 0 Å². The van der Waals surface area contributed by atoms with Crippen molar-refractivity contribution in [2.75, 3.05) is 5.32 Å². The largest absolute Gasteiger partial charge is 0.382 e. The minimum absolute atomic E-state index is 0.402. The number of nitrogens with zero attached hydrogens (tertiary/aromatic N) is 1. The first-order valence-corrected chi connectivity index (χ1v) is 7.40. The number of nitriles is 1. The van der Waals surface area contributed by atoms with Crippen LogP contribution >= 0.6 is 0 Å². The van der Waals surface area contributed by atoms with Crippen LogP contribution in [0.1, 0.15) is 57.9 Å². The lowest BCUT2D eigenvalue weighted by Crippen LogP contribution is -2.18. The molecule has 1 fully saturated rings. The Kier molecular flexibility index (Phi) is 4.47. The second kappa shape index (κ2) is 6.10. The van der Waals surface area contributed by atoms with E-state index in [-0.39, 0.29) is 0 Å². The third-order valence-corrected chi connectivity index (χ3v) is 4.11. The van der Waals surface area contributed by atoms with Crippen LogP contribution in [0.25, 0.3) is 0 Å². The lowest BCUT2D eigenvalue weighted by molar-refractivity contribution is 0.620. The van der Waals surface area contributed by atoms with E-state index in [0.29, 0.717) is 6.04 Å². The molecule has 102 valence electrons. The molecular weight excluding hydrogens is 232 g/mol. The number of hydrogen-bond donors (Lipinski definition) is 1. The molecule has 1 aromatic carbocycles. The number of nitrogens with one attached hydrogen (secondary N) is 1. The van der Waals surface area contributed by atoms with Gasteiger partial charge in [0.25, 0.3) is 0 Å². The maximum absolute atomic E-state index is 9.14. The predicted molar refractivity (Wildman–Crippen MR) is 80.2 cm³/mol. The van der Waals surface area contributed by atoms with Crippen molar-refractivity contribution in [3.8, 4) is 6.07 Å². The van der Waals surface area contributed by atoms with Gasteiger partial charge in [0.15, 0.2) is 0 Å². The fourth-order valence-electron chi connectivity index (χ4n) is 2.71. The highest BCUT2D eigenvalue weighted by Gasteiger charge is 2.19. The third kappa shape index (κ3) is 3.73. The lowest BCUT2D eigenvalue weighted by atomic mass is 9.86. The van der Waals surface area contributed by atoms with Gasteiger partial charge in [0.1, 0.15) is 0 Å². The molecule has 1 aliphatic carbocycles. The van der Waals surface area contributed by atoms with Gasteiger partial charge < -0.3 is 5.32 Å². The fraction of sp³-hybridized carbons (Fsp3) is 0.588. The van der Waals surface area contributed by atoms with E-state index in [1.165, 1.54) is 44.2 Å². The van der Waals surface area contributed by atoms with Crippen LogP contribution in [0.2, 0.25) is 0 Å². The minimum atomic E-state index is -0.402. The molecule has 0 atom stereocenters. The molecule has 1 aromatic rings. The molecule has 2 nitrogen and oxygen atoms in total. The van der Waals surface area contributed by atoms with Gasteiger partial charge in [0, 0.05) is 11.7 Å². The normalized spacial score (nSPS) is 17.5. The average molecular weight is 256 g/mol. The smallest absolute Gasteiger partial charge is 0.0766 e. The van der Waals surface area contributed by atoms with Gasteiger partial charge in [-0.05, 0) is 44.4 Å². The minimum Gasteiger partial charge on any atom is -0.382 e. The summed E-state index contributed by atoms with van der Waals surface area (Å²) >= 11 is 0. The molecule has 0 radical (unpaired) electrons. The van der Waals surface area contributed by atoms with Gasteiger partial charge in [0.2, 0.25) is 0 Å². The van der Waals surface area contributed by atoms with Crippen LogP contribution in [0.15, 0.2) is 24.3 Å². The Morgan fingerprint density at radius 3 is 2.16 bits per heavy atom. The maximum Gasteiger partial charge on any atom is 0.0766 e. The summed E-state index contributed by atoms with van der Waals surface area (Å²) in [6.07, 6.45) is 8.02. The molecule has 0 bridgehead atoms. The second-order valence-electron chi connectivity index (χ2n) is 6.15. The summed E-state index contributed by atoms with van der Waals surface area (Å²) in [5.74, 6) is 0. The van der Waals surface area contributed by atoms with E-state index < -0.39 is 5.41 Å². The van der Waals surface area contributed by atoms with Crippen LogP contribution in [0.4, 0.5) is 5.69 Å². The van der Waals surface area contributed by atoms with Crippen molar-refractivity contribution < 1.29 is 0 Å². The van der Waals surface area contributed by atoms with E-state index in [9.17, 15) is 0 Å². The molecule has 0 unspecified atom stereocenters. The summed E-state index contributed by atoms with van der Waals surface area (Å²) in [7, 11) is 0. The predicted octanol–water partition coefficient (Wildman–Crippen LogP) is 4.62. The van der Waals surface area contributed by atoms with Crippen molar-refractivity contribution in [1.82, 2.24) is 0 Å². The van der Waals surface area contributed by atoms with E-state index in [4.69, 9.17) is 5.26 Å². The SMILES string of the molecule is CC(C)(C#N)c1ccc(NC2CCCCCC2)cc1. The Hall–Kier alpha value is -1.49. The summed E-state index contributed by atoms with van der Waals surface area (Å²) in [4.78, 5) is 0. The van der Waals surface area contributed by atoms with Gasteiger partial charge in [-0.15, -0.1) is 0 Å². The molecule has 0 heterocycles. The van der Waals surface area contributed by atoms with Crippen molar-refractivity contribution in [2.24, 2.45) is 0 Å². The van der Waals surface area contributed by atoms with Gasteiger partial charge in [-0.3, -0.25) is 0 Å². The molecule has 0 aromatic heterocycles. The van der Waals surface area contributed by atoms with E-state index in [0.717, 1.165) is 5.56 Å². The van der Waals surface area contributed by atoms with E-state index in [2.05, 4.69) is 35.7 Å². The molecule has 2 heteroatoms. The van der Waals surface area contributed by atoms with Gasteiger partial charge in [0.05, 0.1) is 11.5 Å². The highest BCUT2D eigenvalue weighted by Crippen LogP contribution is 2.25. The van der Waals surface area contributed by atoms with Gasteiger partial charge in [-0.1, -0.05) is 37.8 Å². The maximum atomic E-state index is 9.14. The molecule has 1 aliphatic rings. The summed E-state index contributed by atoms with van der Waals surface area (Å²) in [6, 6.07) is 11.3. The highest BCUT2D eigenvalue weighted by atomic mass is 14.9. The molecule has 1 saturated carbocycles. The van der Waals surface area contributed by atoms with Crippen LogP contribution in [-0.2, 0) is 5.41 Å². The van der Waals surface area contributed by atoms with Crippen LogP contribution in [0, 0.1) is 11.3 Å². The Bertz CT molecular complexity index is 431. The summed E-state index contributed by atoms with van der Waals surface area (Å²) in [5, 5.41) is 12.8. The van der Waals surface area contributed by atoms with E-state index in [1.54, 1.807) is 0 Å². The summed E-state index contributed by atoms with van der Waals surface area (Å²) in [6.45, 7) is 3.92. The van der Waals surface area contributed by atoms with Gasteiger partial charge in [-0.25, -0.2) is 0 Å². The first-order chi connectivity index (χ1) is 9.12. The zero-order valence-electron chi connectivity index (χ0n) is 12.1. The van der Waals surface area contributed by atoms with Crippen molar-refractivity contribution in [3.63, 3.8) is 0 Å². The van der Waals surface area contributed by atoms with Crippen LogP contribution < -0.4 is 5.32 Å². The zero-order chi connectivity index (χ0) is 13.7. The molecular formula is C17H24N2. The zero-order valence-corrected chi connectivity index (χ0v) is 12.1. The van der Waals surface area contributed by atoms with Crippen LogP contribution in [-0.4, -0.2) is 6.04 Å². The quantitative estimate of drug-likeness (QED) is 0.801. The standard InChI is InChI=1S/C17H24N2/c1-17(2,13-18)14-9-11-16(12-10-14)19-15-7-5-3-4-6-8-15/h9-12,15,19H,3-8H2,1-2H3. The summed E-state index contributed by atoms with van der Waals surface area (Å²) < 4.78 is 0. The van der Waals surface area contributed by atoms with E-state index in [1.807, 2.05) is 13.8 Å². The Balaban J connectivity index is 2.00. The first kappa shape index (κ1) is 13.9. The Morgan fingerprint density at radius 1 is 1.05 bits per heavy atom.